The van der Waals surface area contributed by atoms with E-state index in [0.29, 0.717) is 19.6 Å². The second kappa shape index (κ2) is 9.77. The predicted octanol–water partition coefficient (Wildman–Crippen LogP) is 3.46. The molecule has 1 N–H and O–H groups in total. The summed E-state index contributed by atoms with van der Waals surface area (Å²) in [6, 6.07) is 0. The van der Waals surface area contributed by atoms with Crippen molar-refractivity contribution in [3.8, 4) is 0 Å². The molecule has 168 valence electrons. The lowest BCUT2D eigenvalue weighted by molar-refractivity contribution is -0.146. The summed E-state index contributed by atoms with van der Waals surface area (Å²) in [5.41, 5.74) is 3.07. The lowest BCUT2D eigenvalue weighted by Crippen LogP contribution is -2.40. The quantitative estimate of drug-likeness (QED) is 0.632. The standard InChI is InChI=1S/C23H36N2O4S/c1-5-25-14-17(12-22(2,3)16-29-19(26)6-11-30-4)18-13-23(7-9-28-10-8-23)15-24-21(27)20(18)25/h14H,5-13,15-16H2,1-4H3,(H,24,27). The molecule has 1 saturated heterocycles. The van der Waals surface area contributed by atoms with E-state index in [1.54, 1.807) is 11.8 Å². The Morgan fingerprint density at radius 2 is 2.10 bits per heavy atom. The lowest BCUT2D eigenvalue weighted by Gasteiger charge is -2.36. The zero-order valence-corrected chi connectivity index (χ0v) is 19.7. The van der Waals surface area contributed by atoms with Gasteiger partial charge in [0.15, 0.2) is 0 Å². The minimum absolute atomic E-state index is 0.0303. The van der Waals surface area contributed by atoms with Gasteiger partial charge in [-0.3, -0.25) is 9.59 Å². The fourth-order valence-corrected chi connectivity index (χ4v) is 4.94. The first kappa shape index (κ1) is 23.2. The molecule has 0 unspecified atom stereocenters. The molecule has 3 heterocycles. The molecule has 6 nitrogen and oxygen atoms in total. The second-order valence-electron chi connectivity index (χ2n) is 9.48. The van der Waals surface area contributed by atoms with Crippen molar-refractivity contribution in [3.63, 3.8) is 0 Å². The smallest absolute Gasteiger partial charge is 0.306 e. The summed E-state index contributed by atoms with van der Waals surface area (Å²) >= 11 is 1.65. The van der Waals surface area contributed by atoms with Crippen LogP contribution in [0, 0.1) is 10.8 Å². The summed E-state index contributed by atoms with van der Waals surface area (Å²) < 4.78 is 13.2. The van der Waals surface area contributed by atoms with Crippen LogP contribution in [-0.2, 0) is 33.7 Å². The molecule has 3 rings (SSSR count). The molecule has 2 aliphatic rings. The number of ether oxygens (including phenoxy) is 2. The molecule has 0 radical (unpaired) electrons. The van der Waals surface area contributed by atoms with Crippen LogP contribution in [-0.4, -0.2) is 54.8 Å². The number of nitrogens with one attached hydrogen (secondary N) is 1. The van der Waals surface area contributed by atoms with Crippen molar-refractivity contribution in [1.29, 1.82) is 0 Å². The van der Waals surface area contributed by atoms with Crippen molar-refractivity contribution in [1.82, 2.24) is 9.88 Å². The van der Waals surface area contributed by atoms with E-state index >= 15 is 0 Å². The van der Waals surface area contributed by atoms with E-state index in [0.717, 1.165) is 56.9 Å². The van der Waals surface area contributed by atoms with Crippen LogP contribution in [0.1, 0.15) is 61.6 Å². The van der Waals surface area contributed by atoms with Crippen LogP contribution in [0.5, 0.6) is 0 Å². The van der Waals surface area contributed by atoms with Gasteiger partial charge in [-0.1, -0.05) is 13.8 Å². The van der Waals surface area contributed by atoms with Crippen molar-refractivity contribution < 1.29 is 19.1 Å². The van der Waals surface area contributed by atoms with Crippen molar-refractivity contribution >= 4 is 23.6 Å². The summed E-state index contributed by atoms with van der Waals surface area (Å²) in [4.78, 5) is 24.9. The third kappa shape index (κ3) is 5.41. The van der Waals surface area contributed by atoms with Crippen LogP contribution >= 0.6 is 11.8 Å². The Bertz CT molecular complexity index is 765. The van der Waals surface area contributed by atoms with Crippen LogP contribution in [0.15, 0.2) is 6.20 Å². The van der Waals surface area contributed by atoms with E-state index in [1.165, 1.54) is 11.1 Å². The van der Waals surface area contributed by atoms with E-state index in [4.69, 9.17) is 9.47 Å². The van der Waals surface area contributed by atoms with Gasteiger partial charge >= 0.3 is 5.97 Å². The van der Waals surface area contributed by atoms with Gasteiger partial charge in [-0.05, 0) is 55.4 Å². The van der Waals surface area contributed by atoms with Gasteiger partial charge in [0.2, 0.25) is 0 Å². The molecule has 0 atom stereocenters. The molecular formula is C23H36N2O4S. The van der Waals surface area contributed by atoms with E-state index in [9.17, 15) is 9.59 Å². The highest BCUT2D eigenvalue weighted by molar-refractivity contribution is 7.98. The van der Waals surface area contributed by atoms with Crippen LogP contribution in [0.2, 0.25) is 0 Å². The Labute approximate surface area is 184 Å². The van der Waals surface area contributed by atoms with Gasteiger partial charge < -0.3 is 19.4 Å². The molecule has 1 spiro atoms. The number of amides is 1. The van der Waals surface area contributed by atoms with E-state index < -0.39 is 0 Å². The average molecular weight is 437 g/mol. The van der Waals surface area contributed by atoms with E-state index in [2.05, 4.69) is 36.9 Å². The summed E-state index contributed by atoms with van der Waals surface area (Å²) in [5.74, 6) is 0.679. The summed E-state index contributed by atoms with van der Waals surface area (Å²) in [5, 5.41) is 3.19. The minimum Gasteiger partial charge on any atom is -0.465 e. The molecule has 30 heavy (non-hydrogen) atoms. The van der Waals surface area contributed by atoms with Gasteiger partial charge in [0, 0.05) is 43.7 Å². The van der Waals surface area contributed by atoms with E-state index in [-0.39, 0.29) is 22.7 Å². The molecule has 0 saturated carbocycles. The van der Waals surface area contributed by atoms with Crippen LogP contribution in [0.3, 0.4) is 0 Å². The minimum atomic E-state index is -0.200. The first-order chi connectivity index (χ1) is 14.3. The largest absolute Gasteiger partial charge is 0.465 e. The number of carbonyl (C=O) groups excluding carboxylic acids is 2. The Hall–Kier alpha value is -1.47. The maximum Gasteiger partial charge on any atom is 0.306 e. The number of aromatic nitrogens is 1. The number of aryl methyl sites for hydroxylation is 1. The Kier molecular flexibility index (Phi) is 7.56. The predicted molar refractivity (Wildman–Crippen MR) is 120 cm³/mol. The number of nitrogens with zero attached hydrogens (tertiary/aromatic N) is 1. The normalized spacial score (nSPS) is 18.6. The third-order valence-electron chi connectivity index (χ3n) is 6.36. The highest BCUT2D eigenvalue weighted by Gasteiger charge is 2.39. The maximum atomic E-state index is 13.0. The summed E-state index contributed by atoms with van der Waals surface area (Å²) in [6.07, 6.45) is 8.19. The number of carbonyl (C=O) groups is 2. The number of rotatable bonds is 8. The van der Waals surface area contributed by atoms with Crippen LogP contribution in [0.4, 0.5) is 0 Å². The zero-order valence-electron chi connectivity index (χ0n) is 18.8. The molecule has 0 aliphatic carbocycles. The molecule has 7 heteroatoms. The Morgan fingerprint density at radius 3 is 2.77 bits per heavy atom. The topological polar surface area (TPSA) is 69.6 Å². The van der Waals surface area contributed by atoms with Crippen molar-refractivity contribution in [3.05, 3.63) is 23.0 Å². The number of esters is 1. The molecule has 0 bridgehead atoms. The molecule has 2 aliphatic heterocycles. The summed E-state index contributed by atoms with van der Waals surface area (Å²) in [6.45, 7) is 9.71. The van der Waals surface area contributed by atoms with E-state index in [1.807, 2.05) is 6.26 Å². The van der Waals surface area contributed by atoms with Gasteiger partial charge in [0.25, 0.3) is 5.91 Å². The molecule has 1 amide bonds. The Morgan fingerprint density at radius 1 is 1.37 bits per heavy atom. The van der Waals surface area contributed by atoms with Gasteiger partial charge in [-0.2, -0.15) is 11.8 Å². The monoisotopic (exact) mass is 436 g/mol. The second-order valence-corrected chi connectivity index (χ2v) is 10.5. The van der Waals surface area contributed by atoms with Crippen LogP contribution < -0.4 is 5.32 Å². The number of hydrogen-bond donors (Lipinski definition) is 1. The van der Waals surface area contributed by atoms with Crippen molar-refractivity contribution in [2.75, 3.05) is 38.4 Å². The molecule has 0 aromatic carbocycles. The molecule has 1 fully saturated rings. The van der Waals surface area contributed by atoms with Gasteiger partial charge in [0.1, 0.15) is 5.69 Å². The van der Waals surface area contributed by atoms with Gasteiger partial charge in [-0.25, -0.2) is 0 Å². The Balaban J connectivity index is 1.82. The van der Waals surface area contributed by atoms with Gasteiger partial charge in [0.05, 0.1) is 13.0 Å². The number of hydrogen-bond acceptors (Lipinski definition) is 5. The maximum absolute atomic E-state index is 13.0. The zero-order chi connectivity index (χ0) is 21.8. The fourth-order valence-electron chi connectivity index (χ4n) is 4.57. The summed E-state index contributed by atoms with van der Waals surface area (Å²) in [7, 11) is 0. The SMILES string of the molecule is CCn1cc(CC(C)(C)COC(=O)CCSC)c2c1C(=O)NCC1(CCOCC1)C2. The molecule has 1 aromatic rings. The highest BCUT2D eigenvalue weighted by Crippen LogP contribution is 2.39. The van der Waals surface area contributed by atoms with Crippen molar-refractivity contribution in [2.24, 2.45) is 10.8 Å². The molecular weight excluding hydrogens is 400 g/mol. The number of thioether (sulfide) groups is 1. The van der Waals surface area contributed by atoms with Crippen LogP contribution in [0.25, 0.3) is 0 Å². The number of fused-ring (bicyclic) bond motifs is 1. The van der Waals surface area contributed by atoms with Crippen molar-refractivity contribution in [2.45, 2.75) is 59.4 Å². The fraction of sp³-hybridized carbons (Fsp3) is 0.739. The third-order valence-corrected chi connectivity index (χ3v) is 6.97. The average Bonchev–Trinajstić information content (AvgIpc) is 2.98. The first-order valence-electron chi connectivity index (χ1n) is 11.0. The molecule has 1 aromatic heterocycles. The first-order valence-corrected chi connectivity index (χ1v) is 12.4. The lowest BCUT2D eigenvalue weighted by atomic mass is 9.74. The van der Waals surface area contributed by atoms with Gasteiger partial charge in [-0.15, -0.1) is 0 Å². The highest BCUT2D eigenvalue weighted by atomic mass is 32.2.